The van der Waals surface area contributed by atoms with Crippen LogP contribution in [0.1, 0.15) is 11.3 Å². The molecule has 3 aromatic rings. The first kappa shape index (κ1) is 18.1. The molecule has 0 radical (unpaired) electrons. The first-order valence-electron chi connectivity index (χ1n) is 8.04. The molecule has 0 atom stereocenters. The van der Waals surface area contributed by atoms with Gasteiger partial charge in [0, 0.05) is 29.2 Å². The Hall–Kier alpha value is -2.67. The normalized spacial score (nSPS) is 11.4. The molecule has 0 amide bonds. The number of guanidine groups is 1. The van der Waals surface area contributed by atoms with Gasteiger partial charge in [-0.05, 0) is 30.3 Å². The van der Waals surface area contributed by atoms with Crippen molar-refractivity contribution in [1.29, 1.82) is 0 Å². The van der Waals surface area contributed by atoms with Crippen molar-refractivity contribution in [3.8, 4) is 11.5 Å². The molecule has 1 aromatic heterocycles. The molecule has 0 aliphatic carbocycles. The summed E-state index contributed by atoms with van der Waals surface area (Å²) in [5.41, 5.74) is 2.22. The molecule has 7 heteroatoms. The Labute approximate surface area is 159 Å². The fourth-order valence-corrected chi connectivity index (χ4v) is 2.76. The van der Waals surface area contributed by atoms with Gasteiger partial charge >= 0.3 is 0 Å². The molecule has 2 aromatic carbocycles. The van der Waals surface area contributed by atoms with Gasteiger partial charge in [-0.3, -0.25) is 4.99 Å². The summed E-state index contributed by atoms with van der Waals surface area (Å²) in [6.07, 6.45) is 1.61. The number of halogens is 2. The minimum Gasteiger partial charge on any atom is -0.444 e. The van der Waals surface area contributed by atoms with Crippen LogP contribution >= 0.6 is 15.9 Å². The second-order valence-electron chi connectivity index (χ2n) is 5.53. The predicted octanol–water partition coefficient (Wildman–Crippen LogP) is 4.11. The lowest BCUT2D eigenvalue weighted by Crippen LogP contribution is -2.36. The van der Waals surface area contributed by atoms with Crippen LogP contribution in [0.3, 0.4) is 0 Å². The third kappa shape index (κ3) is 4.70. The van der Waals surface area contributed by atoms with Crippen molar-refractivity contribution in [2.45, 2.75) is 13.1 Å². The van der Waals surface area contributed by atoms with Crippen LogP contribution in [0.5, 0.6) is 0 Å². The average Bonchev–Trinajstić information content (AvgIpc) is 3.14. The van der Waals surface area contributed by atoms with E-state index in [1.165, 1.54) is 6.07 Å². The summed E-state index contributed by atoms with van der Waals surface area (Å²) in [6.45, 7) is 0.760. The highest BCUT2D eigenvalue weighted by molar-refractivity contribution is 9.10. The zero-order valence-electron chi connectivity index (χ0n) is 14.2. The molecule has 0 saturated carbocycles. The number of oxazole rings is 1. The molecule has 0 bridgehead atoms. The minimum absolute atomic E-state index is 0.264. The van der Waals surface area contributed by atoms with Crippen molar-refractivity contribution < 1.29 is 8.81 Å². The summed E-state index contributed by atoms with van der Waals surface area (Å²) < 4.78 is 20.1. The van der Waals surface area contributed by atoms with Gasteiger partial charge < -0.3 is 15.1 Å². The van der Waals surface area contributed by atoms with Crippen LogP contribution in [0, 0.1) is 5.82 Å². The summed E-state index contributed by atoms with van der Waals surface area (Å²) in [5.74, 6) is 0.857. The number of benzene rings is 2. The molecule has 0 aliphatic rings. The number of nitrogens with zero attached hydrogens (tertiary/aromatic N) is 2. The largest absolute Gasteiger partial charge is 0.444 e. The van der Waals surface area contributed by atoms with Gasteiger partial charge in [-0.25, -0.2) is 9.37 Å². The standard InChI is InChI=1S/C19H18BrFN4O/c1-22-19(23-10-14-9-15(20)7-8-17(14)21)24-11-16-12-26-18(25-16)13-5-3-2-4-6-13/h2-9,12H,10-11H2,1H3,(H2,22,23,24). The van der Waals surface area contributed by atoms with Crippen molar-refractivity contribution in [2.75, 3.05) is 7.05 Å². The summed E-state index contributed by atoms with van der Waals surface area (Å²) in [5, 5.41) is 6.22. The summed E-state index contributed by atoms with van der Waals surface area (Å²) in [7, 11) is 1.66. The summed E-state index contributed by atoms with van der Waals surface area (Å²) >= 11 is 3.34. The first-order chi connectivity index (χ1) is 12.7. The molecule has 0 fully saturated rings. The summed E-state index contributed by atoms with van der Waals surface area (Å²) in [4.78, 5) is 8.59. The van der Waals surface area contributed by atoms with Crippen LogP contribution in [0.4, 0.5) is 4.39 Å². The second kappa shape index (κ2) is 8.62. The Morgan fingerprint density at radius 2 is 1.92 bits per heavy atom. The van der Waals surface area contributed by atoms with Crippen LogP contribution in [-0.2, 0) is 13.1 Å². The number of hydrogen-bond acceptors (Lipinski definition) is 3. The molecule has 0 unspecified atom stereocenters. The van der Waals surface area contributed by atoms with E-state index in [1.54, 1.807) is 25.4 Å². The molecule has 1 heterocycles. The van der Waals surface area contributed by atoms with Gasteiger partial charge in [0.2, 0.25) is 5.89 Å². The predicted molar refractivity (Wildman–Crippen MR) is 103 cm³/mol. The maximum absolute atomic E-state index is 13.8. The number of aliphatic imine (C=N–C) groups is 1. The van der Waals surface area contributed by atoms with Crippen molar-refractivity contribution in [1.82, 2.24) is 15.6 Å². The molecule has 5 nitrogen and oxygen atoms in total. The molecule has 134 valence electrons. The lowest BCUT2D eigenvalue weighted by Gasteiger charge is -2.11. The maximum Gasteiger partial charge on any atom is 0.226 e. The van der Waals surface area contributed by atoms with E-state index in [-0.39, 0.29) is 5.82 Å². The SMILES string of the molecule is CN=C(NCc1coc(-c2ccccc2)n1)NCc1cc(Br)ccc1F. The lowest BCUT2D eigenvalue weighted by atomic mass is 10.2. The molecule has 2 N–H and O–H groups in total. The third-order valence-electron chi connectivity index (χ3n) is 3.69. The van der Waals surface area contributed by atoms with Crippen LogP contribution in [-0.4, -0.2) is 18.0 Å². The van der Waals surface area contributed by atoms with Gasteiger partial charge in [0.15, 0.2) is 5.96 Å². The van der Waals surface area contributed by atoms with E-state index < -0.39 is 0 Å². The first-order valence-corrected chi connectivity index (χ1v) is 8.83. The van der Waals surface area contributed by atoms with E-state index >= 15 is 0 Å². The van der Waals surface area contributed by atoms with Crippen molar-refractivity contribution in [3.05, 3.63) is 76.3 Å². The monoisotopic (exact) mass is 416 g/mol. The zero-order chi connectivity index (χ0) is 18.4. The Bertz CT molecular complexity index is 896. The molecular formula is C19H18BrFN4O. The zero-order valence-corrected chi connectivity index (χ0v) is 15.8. The van der Waals surface area contributed by atoms with Crippen LogP contribution < -0.4 is 10.6 Å². The van der Waals surface area contributed by atoms with Crippen molar-refractivity contribution in [3.63, 3.8) is 0 Å². The van der Waals surface area contributed by atoms with Gasteiger partial charge in [0.25, 0.3) is 0 Å². The fraction of sp³-hybridized carbons (Fsp3) is 0.158. The van der Waals surface area contributed by atoms with Gasteiger partial charge in [-0.2, -0.15) is 0 Å². The summed E-state index contributed by atoms with van der Waals surface area (Å²) in [6, 6.07) is 14.5. The van der Waals surface area contributed by atoms with Crippen LogP contribution in [0.2, 0.25) is 0 Å². The van der Waals surface area contributed by atoms with E-state index in [2.05, 4.69) is 36.5 Å². The fourth-order valence-electron chi connectivity index (χ4n) is 2.35. The highest BCUT2D eigenvalue weighted by Gasteiger charge is 2.08. The molecule has 26 heavy (non-hydrogen) atoms. The van der Waals surface area contributed by atoms with Gasteiger partial charge in [-0.15, -0.1) is 0 Å². The second-order valence-corrected chi connectivity index (χ2v) is 6.44. The average molecular weight is 417 g/mol. The van der Waals surface area contributed by atoms with Crippen LogP contribution in [0.15, 0.2) is 68.7 Å². The Morgan fingerprint density at radius 1 is 1.15 bits per heavy atom. The quantitative estimate of drug-likeness (QED) is 0.485. The van der Waals surface area contributed by atoms with E-state index in [9.17, 15) is 4.39 Å². The topological polar surface area (TPSA) is 62.5 Å². The number of rotatable bonds is 5. The van der Waals surface area contributed by atoms with Gasteiger partial charge in [0.05, 0.1) is 12.2 Å². The molecule has 3 rings (SSSR count). The lowest BCUT2D eigenvalue weighted by molar-refractivity contribution is 0.572. The van der Waals surface area contributed by atoms with E-state index in [4.69, 9.17) is 4.42 Å². The third-order valence-corrected chi connectivity index (χ3v) is 4.18. The minimum atomic E-state index is -0.264. The highest BCUT2D eigenvalue weighted by Crippen LogP contribution is 2.18. The molecule has 0 aliphatic heterocycles. The Balaban J connectivity index is 1.56. The highest BCUT2D eigenvalue weighted by atomic mass is 79.9. The van der Waals surface area contributed by atoms with E-state index in [1.807, 2.05) is 30.3 Å². The van der Waals surface area contributed by atoms with Crippen LogP contribution in [0.25, 0.3) is 11.5 Å². The Morgan fingerprint density at radius 3 is 2.69 bits per heavy atom. The molecular weight excluding hydrogens is 399 g/mol. The molecule has 0 saturated heterocycles. The van der Waals surface area contributed by atoms with Gasteiger partial charge in [-0.1, -0.05) is 34.1 Å². The van der Waals surface area contributed by atoms with E-state index in [0.717, 1.165) is 15.7 Å². The van der Waals surface area contributed by atoms with Gasteiger partial charge in [0.1, 0.15) is 12.1 Å². The Kier molecular flexibility index (Phi) is 6.01. The van der Waals surface area contributed by atoms with E-state index in [0.29, 0.717) is 30.5 Å². The number of hydrogen-bond donors (Lipinski definition) is 2. The van der Waals surface area contributed by atoms with Crippen molar-refractivity contribution >= 4 is 21.9 Å². The number of nitrogens with one attached hydrogen (secondary N) is 2. The maximum atomic E-state index is 13.8. The van der Waals surface area contributed by atoms with Crippen molar-refractivity contribution in [2.24, 2.45) is 4.99 Å². The molecule has 0 spiro atoms. The smallest absolute Gasteiger partial charge is 0.226 e. The number of aromatic nitrogens is 1.